The Bertz CT molecular complexity index is 900. The molecule has 0 amide bonds. The minimum absolute atomic E-state index is 0.0797. The second-order valence-corrected chi connectivity index (χ2v) is 8.39. The fourth-order valence-corrected chi connectivity index (χ4v) is 3.93. The maximum atomic E-state index is 12.8. The molecule has 0 atom stereocenters. The Kier molecular flexibility index (Phi) is 7.64. The highest BCUT2D eigenvalue weighted by molar-refractivity contribution is 5.48. The lowest BCUT2D eigenvalue weighted by Crippen LogP contribution is -2.46. The van der Waals surface area contributed by atoms with E-state index < -0.39 is 17.3 Å². The molecule has 2 heterocycles. The van der Waals surface area contributed by atoms with Crippen LogP contribution in [0.25, 0.3) is 6.08 Å². The lowest BCUT2D eigenvalue weighted by atomic mass is 9.89. The first-order valence-corrected chi connectivity index (χ1v) is 10.6. The molecular weight excluding hydrogens is 419 g/mol. The Hall–Kier alpha value is -2.35. The van der Waals surface area contributed by atoms with Crippen LogP contribution < -0.4 is 4.74 Å². The van der Waals surface area contributed by atoms with Crippen LogP contribution in [0, 0.1) is 0 Å². The number of benzene rings is 2. The third-order valence-electron chi connectivity index (χ3n) is 6.09. The molecule has 0 saturated carbocycles. The van der Waals surface area contributed by atoms with Crippen LogP contribution in [0.2, 0.25) is 0 Å². The average Bonchev–Trinajstić information content (AvgIpc) is 2.77. The van der Waals surface area contributed by atoms with Crippen LogP contribution in [0.4, 0.5) is 13.2 Å². The zero-order chi connectivity index (χ0) is 23.4. The highest BCUT2D eigenvalue weighted by Crippen LogP contribution is 2.39. The standard InChI is InChI=1S/C14H18F3NO.C11H12O2/c1-18-7-5-10(6-8-18)11-3-4-12(14(15,16)17)13(9-11)19-2;1-2-9-3-5-10(6-4-9)11(12)7-13-8-11/h3-4,9-10H,5-8H2,1-2H3;2-6,12H,1,7-8H2. The van der Waals surface area contributed by atoms with Gasteiger partial charge in [-0.05, 0) is 67.7 Å². The number of piperidine rings is 1. The molecule has 0 radical (unpaired) electrons. The summed E-state index contributed by atoms with van der Waals surface area (Å²) in [6, 6.07) is 12.0. The molecule has 0 spiro atoms. The number of aliphatic hydroxyl groups is 1. The number of alkyl halides is 3. The van der Waals surface area contributed by atoms with E-state index in [1.807, 2.05) is 24.3 Å². The highest BCUT2D eigenvalue weighted by Gasteiger charge is 2.37. The summed E-state index contributed by atoms with van der Waals surface area (Å²) in [5.74, 6) is 0.247. The first-order chi connectivity index (χ1) is 15.2. The second-order valence-electron chi connectivity index (χ2n) is 8.39. The number of hydrogen-bond donors (Lipinski definition) is 1. The molecule has 2 saturated heterocycles. The summed E-state index contributed by atoms with van der Waals surface area (Å²) >= 11 is 0. The molecule has 0 aromatic heterocycles. The van der Waals surface area contributed by atoms with Gasteiger partial charge in [-0.1, -0.05) is 43.0 Å². The number of hydrogen-bond acceptors (Lipinski definition) is 4. The molecule has 2 aliphatic heterocycles. The van der Waals surface area contributed by atoms with Gasteiger partial charge in [0.05, 0.1) is 25.9 Å². The van der Waals surface area contributed by atoms with E-state index in [4.69, 9.17) is 9.47 Å². The predicted molar refractivity (Wildman–Crippen MR) is 119 cm³/mol. The van der Waals surface area contributed by atoms with Crippen molar-refractivity contribution in [1.82, 2.24) is 4.90 Å². The van der Waals surface area contributed by atoms with Gasteiger partial charge in [-0.15, -0.1) is 0 Å². The number of ether oxygens (including phenoxy) is 2. The van der Waals surface area contributed by atoms with E-state index in [-0.39, 0.29) is 5.75 Å². The van der Waals surface area contributed by atoms with Gasteiger partial charge in [-0.25, -0.2) is 0 Å². The fourth-order valence-electron chi connectivity index (χ4n) is 3.93. The molecule has 0 aliphatic carbocycles. The summed E-state index contributed by atoms with van der Waals surface area (Å²) in [6.45, 7) is 6.44. The van der Waals surface area contributed by atoms with Gasteiger partial charge >= 0.3 is 6.18 Å². The first-order valence-electron chi connectivity index (χ1n) is 10.6. The van der Waals surface area contributed by atoms with Crippen molar-refractivity contribution in [2.24, 2.45) is 0 Å². The van der Waals surface area contributed by atoms with Gasteiger partial charge in [0.15, 0.2) is 0 Å². The monoisotopic (exact) mass is 449 g/mol. The minimum Gasteiger partial charge on any atom is -0.496 e. The normalized spacial score (nSPS) is 18.8. The second kappa shape index (κ2) is 10.1. The van der Waals surface area contributed by atoms with Crippen molar-refractivity contribution < 1.29 is 27.8 Å². The minimum atomic E-state index is -4.36. The molecule has 0 unspecified atom stereocenters. The third kappa shape index (κ3) is 5.71. The van der Waals surface area contributed by atoms with Crippen molar-refractivity contribution in [1.29, 1.82) is 0 Å². The van der Waals surface area contributed by atoms with Crippen molar-refractivity contribution in [3.8, 4) is 5.75 Å². The van der Waals surface area contributed by atoms with E-state index in [0.29, 0.717) is 19.1 Å². The summed E-state index contributed by atoms with van der Waals surface area (Å²) in [5.41, 5.74) is 1.47. The summed E-state index contributed by atoms with van der Waals surface area (Å²) in [4.78, 5) is 2.23. The van der Waals surface area contributed by atoms with E-state index in [2.05, 4.69) is 18.5 Å². The van der Waals surface area contributed by atoms with Crippen LogP contribution >= 0.6 is 0 Å². The molecule has 2 fully saturated rings. The van der Waals surface area contributed by atoms with E-state index in [1.54, 1.807) is 18.2 Å². The lowest BCUT2D eigenvalue weighted by Gasteiger charge is -2.36. The molecular formula is C25H30F3NO3. The molecule has 1 N–H and O–H groups in total. The number of methoxy groups -OCH3 is 1. The number of nitrogens with zero attached hydrogens (tertiary/aromatic N) is 1. The van der Waals surface area contributed by atoms with Crippen LogP contribution in [-0.4, -0.2) is 50.5 Å². The SMILES string of the molecule is C=Cc1ccc(C2(O)COC2)cc1.COc1cc(C2CCN(C)CC2)ccc1C(F)(F)F. The van der Waals surface area contributed by atoms with Gasteiger partial charge in [-0.3, -0.25) is 0 Å². The number of likely N-dealkylation sites (tertiary alicyclic amines) is 1. The summed E-state index contributed by atoms with van der Waals surface area (Å²) in [6.07, 6.45) is -0.627. The molecule has 32 heavy (non-hydrogen) atoms. The maximum Gasteiger partial charge on any atom is 0.419 e. The largest absolute Gasteiger partial charge is 0.496 e. The lowest BCUT2D eigenvalue weighted by molar-refractivity contribution is -0.184. The van der Waals surface area contributed by atoms with Gasteiger partial charge < -0.3 is 19.5 Å². The van der Waals surface area contributed by atoms with E-state index in [9.17, 15) is 18.3 Å². The van der Waals surface area contributed by atoms with Crippen molar-refractivity contribution in [2.75, 3.05) is 40.5 Å². The Morgan fingerprint density at radius 3 is 2.22 bits per heavy atom. The Morgan fingerprint density at radius 2 is 1.75 bits per heavy atom. The Labute approximate surface area is 187 Å². The maximum absolute atomic E-state index is 12.8. The van der Waals surface area contributed by atoms with Gasteiger partial charge in [0.2, 0.25) is 0 Å². The van der Waals surface area contributed by atoms with Crippen LogP contribution in [0.5, 0.6) is 5.75 Å². The Morgan fingerprint density at radius 1 is 1.12 bits per heavy atom. The van der Waals surface area contributed by atoms with Crippen molar-refractivity contribution in [2.45, 2.75) is 30.5 Å². The highest BCUT2D eigenvalue weighted by atomic mass is 19.4. The molecule has 4 nitrogen and oxygen atoms in total. The Balaban J connectivity index is 0.000000193. The van der Waals surface area contributed by atoms with Crippen LogP contribution in [0.15, 0.2) is 49.0 Å². The topological polar surface area (TPSA) is 41.9 Å². The van der Waals surface area contributed by atoms with E-state index in [0.717, 1.165) is 48.7 Å². The quantitative estimate of drug-likeness (QED) is 0.708. The zero-order valence-electron chi connectivity index (χ0n) is 18.5. The van der Waals surface area contributed by atoms with Crippen LogP contribution in [0.3, 0.4) is 0 Å². The van der Waals surface area contributed by atoms with Gasteiger partial charge in [0.25, 0.3) is 0 Å². The summed E-state index contributed by atoms with van der Waals surface area (Å²) < 4.78 is 48.2. The van der Waals surface area contributed by atoms with Crippen molar-refractivity contribution >= 4 is 6.08 Å². The van der Waals surface area contributed by atoms with Gasteiger partial charge in [0, 0.05) is 0 Å². The third-order valence-corrected chi connectivity index (χ3v) is 6.09. The average molecular weight is 450 g/mol. The van der Waals surface area contributed by atoms with Crippen LogP contribution in [-0.2, 0) is 16.5 Å². The van der Waals surface area contributed by atoms with Gasteiger partial charge in [-0.2, -0.15) is 13.2 Å². The molecule has 2 aliphatic rings. The molecule has 0 bridgehead atoms. The van der Waals surface area contributed by atoms with E-state index >= 15 is 0 Å². The predicted octanol–water partition coefficient (Wildman–Crippen LogP) is 5.07. The van der Waals surface area contributed by atoms with Gasteiger partial charge in [0.1, 0.15) is 11.4 Å². The molecule has 4 rings (SSSR count). The summed E-state index contributed by atoms with van der Waals surface area (Å²) in [5, 5.41) is 9.89. The van der Waals surface area contributed by atoms with Crippen LogP contribution in [0.1, 0.15) is 41.0 Å². The fraction of sp³-hybridized carbons (Fsp3) is 0.440. The molecule has 2 aromatic carbocycles. The molecule has 2 aromatic rings. The van der Waals surface area contributed by atoms with Crippen molar-refractivity contribution in [3.63, 3.8) is 0 Å². The number of halogens is 3. The smallest absolute Gasteiger partial charge is 0.419 e. The zero-order valence-corrected chi connectivity index (χ0v) is 18.5. The molecule has 7 heteroatoms. The molecule has 174 valence electrons. The van der Waals surface area contributed by atoms with E-state index in [1.165, 1.54) is 7.11 Å². The summed E-state index contributed by atoms with van der Waals surface area (Å²) in [7, 11) is 3.34. The number of rotatable bonds is 4. The first kappa shape index (κ1) is 24.3. The van der Waals surface area contributed by atoms with Crippen molar-refractivity contribution in [3.05, 3.63) is 71.3 Å².